The van der Waals surface area contributed by atoms with Crippen molar-refractivity contribution in [2.45, 2.75) is 26.2 Å². The molecule has 82 valence electrons. The van der Waals surface area contributed by atoms with Crippen LogP contribution in [0.25, 0.3) is 0 Å². The van der Waals surface area contributed by atoms with Crippen LogP contribution in [0, 0.1) is 5.92 Å². The van der Waals surface area contributed by atoms with Crippen LogP contribution in [-0.4, -0.2) is 27.5 Å². The Kier molecular flexibility index (Phi) is 3.46. The van der Waals surface area contributed by atoms with E-state index < -0.39 is 0 Å². The summed E-state index contributed by atoms with van der Waals surface area (Å²) in [5.41, 5.74) is 1.67. The second kappa shape index (κ2) is 4.84. The van der Waals surface area contributed by atoms with Gasteiger partial charge in [-0.05, 0) is 42.8 Å². The normalized spacial score (nSPS) is 17.9. The predicted molar refractivity (Wildman–Crippen MR) is 62.3 cm³/mol. The van der Waals surface area contributed by atoms with E-state index in [4.69, 9.17) is 0 Å². The van der Waals surface area contributed by atoms with Gasteiger partial charge in [0, 0.05) is 12.6 Å². The van der Waals surface area contributed by atoms with Gasteiger partial charge in [0.2, 0.25) is 0 Å². The molecule has 1 aliphatic heterocycles. The molecule has 0 spiro atoms. The van der Waals surface area contributed by atoms with Crippen LogP contribution in [0.15, 0.2) is 6.07 Å². The average Bonchev–Trinajstić information content (AvgIpc) is 2.68. The first-order valence-corrected chi connectivity index (χ1v) is 6.54. The lowest BCUT2D eigenvalue weighted by molar-refractivity contribution is 0.101. The number of ketones is 1. The van der Waals surface area contributed by atoms with E-state index in [0.29, 0.717) is 5.69 Å². The Hall–Kier alpha value is -0.770. The summed E-state index contributed by atoms with van der Waals surface area (Å²) in [7, 11) is 0. The molecule has 0 amide bonds. The fourth-order valence-electron chi connectivity index (χ4n) is 1.91. The Morgan fingerprint density at radius 1 is 1.60 bits per heavy atom. The van der Waals surface area contributed by atoms with Gasteiger partial charge in [0.25, 0.3) is 0 Å². The molecule has 15 heavy (non-hydrogen) atoms. The van der Waals surface area contributed by atoms with Gasteiger partial charge in [-0.3, -0.25) is 9.89 Å². The summed E-state index contributed by atoms with van der Waals surface area (Å²) < 4.78 is 0. The fraction of sp³-hybridized carbons (Fsp3) is 0.636. The molecule has 0 unspecified atom stereocenters. The van der Waals surface area contributed by atoms with Crippen LogP contribution in [0.4, 0.5) is 0 Å². The summed E-state index contributed by atoms with van der Waals surface area (Å²) >= 11 is 2.04. The molecule has 0 aromatic carbocycles. The van der Waals surface area contributed by atoms with E-state index in [1.54, 1.807) is 6.92 Å². The molecule has 0 aliphatic carbocycles. The first kappa shape index (κ1) is 10.7. The number of nitrogens with one attached hydrogen (secondary N) is 1. The van der Waals surface area contributed by atoms with E-state index in [-0.39, 0.29) is 5.78 Å². The summed E-state index contributed by atoms with van der Waals surface area (Å²) in [6, 6.07) is 1.89. The van der Waals surface area contributed by atoms with Crippen LogP contribution in [-0.2, 0) is 6.42 Å². The molecule has 0 atom stereocenters. The third kappa shape index (κ3) is 2.84. The van der Waals surface area contributed by atoms with Gasteiger partial charge in [0.15, 0.2) is 5.78 Å². The number of hydrogen-bond acceptors (Lipinski definition) is 3. The van der Waals surface area contributed by atoms with Gasteiger partial charge in [0.1, 0.15) is 5.69 Å². The van der Waals surface area contributed by atoms with Gasteiger partial charge < -0.3 is 0 Å². The molecule has 1 N–H and O–H groups in total. The highest BCUT2D eigenvalue weighted by molar-refractivity contribution is 7.99. The second-order valence-corrected chi connectivity index (χ2v) is 5.32. The van der Waals surface area contributed by atoms with Gasteiger partial charge >= 0.3 is 0 Å². The zero-order chi connectivity index (χ0) is 10.7. The van der Waals surface area contributed by atoms with Gasteiger partial charge in [-0.25, -0.2) is 0 Å². The zero-order valence-electron chi connectivity index (χ0n) is 8.95. The maximum atomic E-state index is 11.1. The third-order valence-corrected chi connectivity index (χ3v) is 3.89. The van der Waals surface area contributed by atoms with Crippen LogP contribution < -0.4 is 0 Å². The third-order valence-electron chi connectivity index (χ3n) is 2.84. The highest BCUT2D eigenvalue weighted by Gasteiger charge is 2.15. The summed E-state index contributed by atoms with van der Waals surface area (Å²) in [4.78, 5) is 11.1. The molecule has 1 aliphatic rings. The zero-order valence-corrected chi connectivity index (χ0v) is 9.77. The maximum Gasteiger partial charge on any atom is 0.179 e. The smallest absolute Gasteiger partial charge is 0.179 e. The molecule has 0 saturated carbocycles. The van der Waals surface area contributed by atoms with Crippen LogP contribution in [0.1, 0.15) is 35.9 Å². The summed E-state index contributed by atoms with van der Waals surface area (Å²) in [5, 5.41) is 6.96. The number of Topliss-reactive ketones (excluding diaryl/α,β-unsaturated/α-hetero) is 1. The summed E-state index contributed by atoms with van der Waals surface area (Å²) in [6.07, 6.45) is 3.62. The Balaban J connectivity index is 1.94. The lowest BCUT2D eigenvalue weighted by atomic mass is 9.97. The minimum absolute atomic E-state index is 0.0386. The summed E-state index contributed by atoms with van der Waals surface area (Å²) in [6.45, 7) is 1.55. The van der Waals surface area contributed by atoms with E-state index in [9.17, 15) is 4.79 Å². The second-order valence-electron chi connectivity index (χ2n) is 4.09. The molecule has 4 heteroatoms. The SMILES string of the molecule is CC(=O)c1cc(CC2CCSCC2)[nH]n1. The molecule has 2 heterocycles. The number of aromatic amines is 1. The highest BCUT2D eigenvalue weighted by atomic mass is 32.2. The minimum Gasteiger partial charge on any atom is -0.293 e. The van der Waals surface area contributed by atoms with E-state index >= 15 is 0 Å². The monoisotopic (exact) mass is 224 g/mol. The van der Waals surface area contributed by atoms with Crippen molar-refractivity contribution in [2.24, 2.45) is 5.92 Å². The predicted octanol–water partition coefficient (Wildman–Crippen LogP) is 2.30. The Morgan fingerprint density at radius 2 is 2.33 bits per heavy atom. The average molecular weight is 224 g/mol. The largest absolute Gasteiger partial charge is 0.293 e. The van der Waals surface area contributed by atoms with E-state index in [1.165, 1.54) is 24.3 Å². The summed E-state index contributed by atoms with van der Waals surface area (Å²) in [5.74, 6) is 3.36. The standard InChI is InChI=1S/C11H16N2OS/c1-8(14)11-7-10(12-13-11)6-9-2-4-15-5-3-9/h7,9H,2-6H2,1H3,(H,12,13). The van der Waals surface area contributed by atoms with Crippen molar-refractivity contribution in [3.63, 3.8) is 0 Å². The van der Waals surface area contributed by atoms with E-state index in [0.717, 1.165) is 18.0 Å². The van der Waals surface area contributed by atoms with Crippen molar-refractivity contribution in [3.05, 3.63) is 17.5 Å². The van der Waals surface area contributed by atoms with Crippen LogP contribution in [0.5, 0.6) is 0 Å². The molecule has 2 rings (SSSR count). The highest BCUT2D eigenvalue weighted by Crippen LogP contribution is 2.25. The first-order chi connectivity index (χ1) is 7.25. The molecule has 1 aromatic heterocycles. The lowest BCUT2D eigenvalue weighted by Gasteiger charge is -2.20. The van der Waals surface area contributed by atoms with Gasteiger partial charge in [-0.2, -0.15) is 16.9 Å². The lowest BCUT2D eigenvalue weighted by Crippen LogP contribution is -2.12. The quantitative estimate of drug-likeness (QED) is 0.801. The minimum atomic E-state index is 0.0386. The molecule has 1 saturated heterocycles. The number of carbonyl (C=O) groups is 1. The first-order valence-electron chi connectivity index (χ1n) is 5.38. The Morgan fingerprint density at radius 3 is 2.93 bits per heavy atom. The van der Waals surface area contributed by atoms with Crippen molar-refractivity contribution < 1.29 is 4.79 Å². The molecule has 0 radical (unpaired) electrons. The van der Waals surface area contributed by atoms with E-state index in [1.807, 2.05) is 17.8 Å². The van der Waals surface area contributed by atoms with Crippen molar-refractivity contribution >= 4 is 17.5 Å². The van der Waals surface area contributed by atoms with Crippen LogP contribution in [0.3, 0.4) is 0 Å². The van der Waals surface area contributed by atoms with Crippen molar-refractivity contribution in [2.75, 3.05) is 11.5 Å². The number of H-pyrrole nitrogens is 1. The number of carbonyl (C=O) groups excluding carboxylic acids is 1. The van der Waals surface area contributed by atoms with E-state index in [2.05, 4.69) is 10.2 Å². The molecule has 1 aromatic rings. The number of nitrogens with zero attached hydrogens (tertiary/aromatic N) is 1. The van der Waals surface area contributed by atoms with Crippen LogP contribution >= 0.6 is 11.8 Å². The molecule has 3 nitrogen and oxygen atoms in total. The number of hydrogen-bond donors (Lipinski definition) is 1. The number of aromatic nitrogens is 2. The van der Waals surface area contributed by atoms with Crippen molar-refractivity contribution in [3.8, 4) is 0 Å². The van der Waals surface area contributed by atoms with Gasteiger partial charge in [-0.15, -0.1) is 0 Å². The Labute approximate surface area is 94.0 Å². The fourth-order valence-corrected chi connectivity index (χ4v) is 3.11. The topological polar surface area (TPSA) is 45.8 Å². The van der Waals surface area contributed by atoms with Crippen LogP contribution in [0.2, 0.25) is 0 Å². The number of thioether (sulfide) groups is 1. The molecule has 1 fully saturated rings. The molecular weight excluding hydrogens is 208 g/mol. The Bertz CT molecular complexity index is 342. The molecule has 0 bridgehead atoms. The van der Waals surface area contributed by atoms with Gasteiger partial charge in [0.05, 0.1) is 0 Å². The van der Waals surface area contributed by atoms with Crippen molar-refractivity contribution in [1.82, 2.24) is 10.2 Å². The molecular formula is C11H16N2OS. The maximum absolute atomic E-state index is 11.1. The van der Waals surface area contributed by atoms with Crippen molar-refractivity contribution in [1.29, 1.82) is 0 Å². The van der Waals surface area contributed by atoms with Gasteiger partial charge in [-0.1, -0.05) is 0 Å². The number of rotatable bonds is 3.